The third kappa shape index (κ3) is 5.07. The van der Waals surface area contributed by atoms with E-state index in [1.54, 1.807) is 19.4 Å². The van der Waals surface area contributed by atoms with Gasteiger partial charge in [0.15, 0.2) is 0 Å². The van der Waals surface area contributed by atoms with Crippen LogP contribution in [-0.4, -0.2) is 24.5 Å². The number of carbonyl (C=O) groups excluding carboxylic acids is 1. The highest BCUT2D eigenvalue weighted by Crippen LogP contribution is 2.25. The zero-order chi connectivity index (χ0) is 19.1. The number of benzene rings is 2. The molecule has 138 valence electrons. The fraction of sp³-hybridized carbons (Fsp3) is 0.182. The minimum absolute atomic E-state index is 0.273. The van der Waals surface area contributed by atoms with Gasteiger partial charge in [-0.25, -0.2) is 0 Å². The van der Waals surface area contributed by atoms with E-state index in [0.717, 1.165) is 24.2 Å². The van der Waals surface area contributed by atoms with Gasteiger partial charge in [-0.05, 0) is 48.7 Å². The summed E-state index contributed by atoms with van der Waals surface area (Å²) < 4.78 is 5.31. The van der Waals surface area contributed by atoms with Crippen molar-refractivity contribution < 1.29 is 9.53 Å². The minimum atomic E-state index is -0.273. The summed E-state index contributed by atoms with van der Waals surface area (Å²) in [6.45, 7) is 2.74. The van der Waals surface area contributed by atoms with Crippen molar-refractivity contribution in [2.45, 2.75) is 13.3 Å². The van der Waals surface area contributed by atoms with Crippen molar-refractivity contribution >= 4 is 17.3 Å². The molecular formula is C22H23N3O2. The van der Waals surface area contributed by atoms with Crippen LogP contribution < -0.4 is 15.4 Å². The van der Waals surface area contributed by atoms with Gasteiger partial charge in [0, 0.05) is 18.4 Å². The van der Waals surface area contributed by atoms with Crippen LogP contribution in [0.1, 0.15) is 21.6 Å². The molecule has 1 heterocycles. The van der Waals surface area contributed by atoms with Crippen molar-refractivity contribution in [3.63, 3.8) is 0 Å². The number of anilines is 2. The summed E-state index contributed by atoms with van der Waals surface area (Å²) in [5.41, 5.74) is 4.15. The van der Waals surface area contributed by atoms with Crippen LogP contribution in [0.3, 0.4) is 0 Å². The molecule has 0 aliphatic rings. The molecule has 0 saturated carbocycles. The number of hydrogen-bond donors (Lipinski definition) is 2. The van der Waals surface area contributed by atoms with Gasteiger partial charge < -0.3 is 15.4 Å². The van der Waals surface area contributed by atoms with Gasteiger partial charge in [0.05, 0.1) is 12.8 Å². The van der Waals surface area contributed by atoms with Crippen LogP contribution in [-0.2, 0) is 6.42 Å². The molecule has 27 heavy (non-hydrogen) atoms. The van der Waals surface area contributed by atoms with Gasteiger partial charge in [-0.15, -0.1) is 0 Å². The molecule has 1 aromatic heterocycles. The lowest BCUT2D eigenvalue weighted by Gasteiger charge is -2.11. The molecule has 2 aromatic carbocycles. The summed E-state index contributed by atoms with van der Waals surface area (Å²) in [6.07, 6.45) is 2.54. The van der Waals surface area contributed by atoms with E-state index in [-0.39, 0.29) is 5.91 Å². The monoisotopic (exact) mass is 361 g/mol. The Morgan fingerprint density at radius 2 is 1.89 bits per heavy atom. The number of nitrogens with one attached hydrogen (secondary N) is 2. The first-order valence-electron chi connectivity index (χ1n) is 8.85. The van der Waals surface area contributed by atoms with Crippen molar-refractivity contribution in [3.8, 4) is 5.75 Å². The van der Waals surface area contributed by atoms with Crippen molar-refractivity contribution in [3.05, 3.63) is 83.7 Å². The zero-order valence-electron chi connectivity index (χ0n) is 15.5. The van der Waals surface area contributed by atoms with Gasteiger partial charge in [-0.2, -0.15) is 0 Å². The van der Waals surface area contributed by atoms with Gasteiger partial charge >= 0.3 is 0 Å². The fourth-order valence-electron chi connectivity index (χ4n) is 2.77. The molecule has 0 saturated heterocycles. The van der Waals surface area contributed by atoms with E-state index in [4.69, 9.17) is 4.74 Å². The van der Waals surface area contributed by atoms with Gasteiger partial charge in [0.2, 0.25) is 0 Å². The zero-order valence-corrected chi connectivity index (χ0v) is 15.5. The molecule has 0 unspecified atom stereocenters. The number of methoxy groups -OCH3 is 1. The predicted octanol–water partition coefficient (Wildman–Crippen LogP) is 4.31. The Morgan fingerprint density at radius 3 is 2.67 bits per heavy atom. The van der Waals surface area contributed by atoms with E-state index in [1.165, 1.54) is 5.56 Å². The second-order valence-electron chi connectivity index (χ2n) is 6.25. The Bertz CT molecular complexity index is 910. The fourth-order valence-corrected chi connectivity index (χ4v) is 2.77. The number of pyridine rings is 1. The van der Waals surface area contributed by atoms with Crippen LogP contribution >= 0.6 is 0 Å². The standard InChI is InChI=1S/C22H23N3O2/c1-16-8-9-21(27-2)19(14-16)25-22(26)20-15-18(11-13-24-20)23-12-10-17-6-4-3-5-7-17/h3-9,11,13-15H,10,12H2,1-2H3,(H,23,24)(H,25,26). The largest absolute Gasteiger partial charge is 0.495 e. The summed E-state index contributed by atoms with van der Waals surface area (Å²) in [4.78, 5) is 16.8. The molecule has 5 heteroatoms. The van der Waals surface area contributed by atoms with Gasteiger partial charge in [0.1, 0.15) is 11.4 Å². The molecule has 0 atom stereocenters. The van der Waals surface area contributed by atoms with E-state index in [9.17, 15) is 4.79 Å². The number of aromatic nitrogens is 1. The lowest BCUT2D eigenvalue weighted by molar-refractivity contribution is 0.102. The first kappa shape index (κ1) is 18.5. The number of nitrogens with zero attached hydrogens (tertiary/aromatic N) is 1. The number of carbonyl (C=O) groups is 1. The molecule has 0 aliphatic carbocycles. The topological polar surface area (TPSA) is 63.2 Å². The molecule has 0 aliphatic heterocycles. The maximum absolute atomic E-state index is 12.6. The number of aryl methyl sites for hydroxylation is 1. The Hall–Kier alpha value is -3.34. The molecule has 3 aromatic rings. The van der Waals surface area contributed by atoms with Crippen LogP contribution in [0.5, 0.6) is 5.75 Å². The summed E-state index contributed by atoms with van der Waals surface area (Å²) in [7, 11) is 1.58. The molecule has 3 rings (SSSR count). The molecular weight excluding hydrogens is 338 g/mol. The average Bonchev–Trinajstić information content (AvgIpc) is 2.69. The summed E-state index contributed by atoms with van der Waals surface area (Å²) in [5, 5.41) is 6.21. The van der Waals surface area contributed by atoms with E-state index >= 15 is 0 Å². The molecule has 1 amide bonds. The van der Waals surface area contributed by atoms with E-state index in [1.807, 2.05) is 49.4 Å². The SMILES string of the molecule is COc1ccc(C)cc1NC(=O)c1cc(NCCc2ccccc2)ccn1. The Labute approximate surface area is 159 Å². The first-order chi connectivity index (χ1) is 13.2. The molecule has 0 radical (unpaired) electrons. The number of ether oxygens (including phenoxy) is 1. The van der Waals surface area contributed by atoms with Crippen LogP contribution in [0.15, 0.2) is 66.9 Å². The van der Waals surface area contributed by atoms with Crippen molar-refractivity contribution in [2.75, 3.05) is 24.3 Å². The lowest BCUT2D eigenvalue weighted by atomic mass is 10.1. The first-order valence-corrected chi connectivity index (χ1v) is 8.85. The van der Waals surface area contributed by atoms with Crippen molar-refractivity contribution in [1.29, 1.82) is 0 Å². The number of rotatable bonds is 7. The number of amides is 1. The van der Waals surface area contributed by atoms with E-state index in [2.05, 4.69) is 27.8 Å². The van der Waals surface area contributed by atoms with Gasteiger partial charge in [-0.1, -0.05) is 36.4 Å². The van der Waals surface area contributed by atoms with E-state index in [0.29, 0.717) is 17.1 Å². The van der Waals surface area contributed by atoms with Gasteiger partial charge in [-0.3, -0.25) is 9.78 Å². The lowest BCUT2D eigenvalue weighted by Crippen LogP contribution is -2.15. The van der Waals surface area contributed by atoms with Crippen molar-refractivity contribution in [1.82, 2.24) is 4.98 Å². The number of hydrogen-bond acceptors (Lipinski definition) is 4. The quantitative estimate of drug-likeness (QED) is 0.658. The normalized spacial score (nSPS) is 10.3. The Morgan fingerprint density at radius 1 is 1.07 bits per heavy atom. The smallest absolute Gasteiger partial charge is 0.274 e. The average molecular weight is 361 g/mol. The second kappa shape index (κ2) is 8.85. The third-order valence-electron chi connectivity index (χ3n) is 4.18. The highest BCUT2D eigenvalue weighted by atomic mass is 16.5. The van der Waals surface area contributed by atoms with Crippen LogP contribution in [0, 0.1) is 6.92 Å². The summed E-state index contributed by atoms with van der Waals surface area (Å²) in [6, 6.07) is 19.5. The molecule has 0 spiro atoms. The van der Waals surface area contributed by atoms with E-state index < -0.39 is 0 Å². The summed E-state index contributed by atoms with van der Waals surface area (Å²) in [5.74, 6) is 0.344. The molecule has 0 bridgehead atoms. The summed E-state index contributed by atoms with van der Waals surface area (Å²) >= 11 is 0. The van der Waals surface area contributed by atoms with Gasteiger partial charge in [0.25, 0.3) is 5.91 Å². The van der Waals surface area contributed by atoms with Crippen LogP contribution in [0.25, 0.3) is 0 Å². The predicted molar refractivity (Wildman–Crippen MR) is 109 cm³/mol. The second-order valence-corrected chi connectivity index (χ2v) is 6.25. The van der Waals surface area contributed by atoms with Crippen LogP contribution in [0.4, 0.5) is 11.4 Å². The third-order valence-corrected chi connectivity index (χ3v) is 4.18. The highest BCUT2D eigenvalue weighted by molar-refractivity contribution is 6.04. The maximum Gasteiger partial charge on any atom is 0.274 e. The van der Waals surface area contributed by atoms with Crippen LogP contribution in [0.2, 0.25) is 0 Å². The molecule has 5 nitrogen and oxygen atoms in total. The minimum Gasteiger partial charge on any atom is -0.495 e. The maximum atomic E-state index is 12.6. The highest BCUT2D eigenvalue weighted by Gasteiger charge is 2.12. The van der Waals surface area contributed by atoms with Crippen molar-refractivity contribution in [2.24, 2.45) is 0 Å². The Balaban J connectivity index is 1.64. The Kier molecular flexibility index (Phi) is 6.05. The molecule has 0 fully saturated rings. The molecule has 2 N–H and O–H groups in total.